The molecule has 0 unspecified atom stereocenters. The van der Waals surface area contributed by atoms with Crippen LogP contribution in [0.2, 0.25) is 0 Å². The van der Waals surface area contributed by atoms with E-state index in [9.17, 15) is 4.79 Å². The van der Waals surface area contributed by atoms with Gasteiger partial charge in [0.25, 0.3) is 0 Å². The van der Waals surface area contributed by atoms with Gasteiger partial charge in [-0.2, -0.15) is 5.10 Å². The molecular formula is C25H37N5O2. The second-order valence-corrected chi connectivity index (χ2v) is 9.56. The lowest BCUT2D eigenvalue weighted by molar-refractivity contribution is -0.138. The van der Waals surface area contributed by atoms with E-state index in [4.69, 9.17) is 4.74 Å². The van der Waals surface area contributed by atoms with Gasteiger partial charge in [0.2, 0.25) is 5.91 Å². The van der Waals surface area contributed by atoms with Gasteiger partial charge in [0.1, 0.15) is 11.9 Å². The van der Waals surface area contributed by atoms with Crippen molar-refractivity contribution in [3.63, 3.8) is 0 Å². The Kier molecular flexibility index (Phi) is 7.48. The summed E-state index contributed by atoms with van der Waals surface area (Å²) in [5, 5.41) is 4.23. The van der Waals surface area contributed by atoms with Crippen molar-refractivity contribution in [3.05, 3.63) is 47.8 Å². The first kappa shape index (κ1) is 22.8. The Bertz CT molecular complexity index is 865. The van der Waals surface area contributed by atoms with Crippen LogP contribution < -0.4 is 4.74 Å². The number of amides is 1. The number of rotatable bonds is 7. The predicted molar refractivity (Wildman–Crippen MR) is 125 cm³/mol. The maximum absolute atomic E-state index is 12.8. The summed E-state index contributed by atoms with van der Waals surface area (Å²) in [7, 11) is 6.20. The van der Waals surface area contributed by atoms with Gasteiger partial charge in [-0.3, -0.25) is 14.4 Å². The molecule has 1 aromatic carbocycles. The van der Waals surface area contributed by atoms with Crippen LogP contribution in [0.4, 0.5) is 0 Å². The van der Waals surface area contributed by atoms with Crippen LogP contribution in [-0.4, -0.2) is 76.8 Å². The van der Waals surface area contributed by atoms with Crippen LogP contribution >= 0.6 is 0 Å². The largest absolute Gasteiger partial charge is 0.490 e. The number of aromatic nitrogens is 2. The number of aryl methyl sites for hydroxylation is 1. The topological polar surface area (TPSA) is 53.8 Å². The van der Waals surface area contributed by atoms with E-state index in [-0.39, 0.29) is 12.0 Å². The van der Waals surface area contributed by atoms with Crippen molar-refractivity contribution >= 4 is 5.91 Å². The second-order valence-electron chi connectivity index (χ2n) is 9.56. The zero-order valence-corrected chi connectivity index (χ0v) is 19.7. The molecule has 2 aliphatic heterocycles. The Hall–Kier alpha value is -2.38. The Morgan fingerprint density at radius 2 is 1.66 bits per heavy atom. The summed E-state index contributed by atoms with van der Waals surface area (Å²) >= 11 is 0. The van der Waals surface area contributed by atoms with Crippen LogP contribution in [0.25, 0.3) is 0 Å². The lowest BCUT2D eigenvalue weighted by Gasteiger charge is -2.36. The van der Waals surface area contributed by atoms with E-state index in [1.165, 1.54) is 11.1 Å². The average Bonchev–Trinajstić information content (AvgIpc) is 3.20. The Balaban J connectivity index is 1.20. The molecule has 2 fully saturated rings. The maximum Gasteiger partial charge on any atom is 0.225 e. The molecular weight excluding hydrogens is 402 g/mol. The number of hydrogen-bond acceptors (Lipinski definition) is 5. The minimum absolute atomic E-state index is 0.190. The van der Waals surface area contributed by atoms with Crippen molar-refractivity contribution in [3.8, 4) is 5.75 Å². The van der Waals surface area contributed by atoms with E-state index in [0.29, 0.717) is 5.91 Å². The van der Waals surface area contributed by atoms with E-state index in [0.717, 1.165) is 70.7 Å². The monoisotopic (exact) mass is 439 g/mol. The number of likely N-dealkylation sites (tertiary alicyclic amines) is 2. The summed E-state index contributed by atoms with van der Waals surface area (Å²) in [5.74, 6) is 1.49. The van der Waals surface area contributed by atoms with Gasteiger partial charge in [-0.25, -0.2) is 0 Å². The summed E-state index contributed by atoms with van der Waals surface area (Å²) in [4.78, 5) is 19.5. The third kappa shape index (κ3) is 6.11. The molecule has 7 nitrogen and oxygen atoms in total. The van der Waals surface area contributed by atoms with Gasteiger partial charge in [-0.15, -0.1) is 0 Å². The molecule has 1 amide bonds. The highest BCUT2D eigenvalue weighted by molar-refractivity contribution is 5.79. The van der Waals surface area contributed by atoms with Crippen LogP contribution in [0.1, 0.15) is 36.8 Å². The molecule has 2 aliphatic rings. The average molecular weight is 440 g/mol. The van der Waals surface area contributed by atoms with E-state index < -0.39 is 0 Å². The van der Waals surface area contributed by atoms with Crippen LogP contribution in [0.3, 0.4) is 0 Å². The SMILES string of the molecule is CN1CCC(C(=O)N2CCC(Oc3ccc(CN(C)Cc4cnn(C)c4)cc3)CC2)CC1. The summed E-state index contributed by atoms with van der Waals surface area (Å²) in [6, 6.07) is 8.44. The quantitative estimate of drug-likeness (QED) is 0.664. The molecule has 0 aliphatic carbocycles. The van der Waals surface area contributed by atoms with Crippen molar-refractivity contribution in [1.82, 2.24) is 24.5 Å². The van der Waals surface area contributed by atoms with E-state index in [1.54, 1.807) is 0 Å². The van der Waals surface area contributed by atoms with Crippen LogP contribution in [-0.2, 0) is 24.9 Å². The first-order valence-corrected chi connectivity index (χ1v) is 11.9. The fourth-order valence-electron chi connectivity index (χ4n) is 4.81. The van der Waals surface area contributed by atoms with Gasteiger partial charge < -0.3 is 14.5 Å². The Labute approximate surface area is 191 Å². The van der Waals surface area contributed by atoms with Crippen LogP contribution in [0.5, 0.6) is 5.75 Å². The Morgan fingerprint density at radius 3 is 2.28 bits per heavy atom. The highest BCUT2D eigenvalue weighted by Crippen LogP contribution is 2.24. The fourth-order valence-corrected chi connectivity index (χ4v) is 4.81. The number of hydrogen-bond donors (Lipinski definition) is 0. The first-order chi connectivity index (χ1) is 15.5. The normalized spacial score (nSPS) is 18.9. The number of carbonyl (C=O) groups excluding carboxylic acids is 1. The molecule has 0 spiro atoms. The molecule has 174 valence electrons. The Morgan fingerprint density at radius 1 is 1.00 bits per heavy atom. The standard InChI is InChI=1S/C25H37N5O2/c1-27-12-8-22(9-13-27)25(31)30-14-10-24(11-15-30)32-23-6-4-20(5-7-23)17-28(2)18-21-16-26-29(3)19-21/h4-7,16,19,22,24H,8-15,17-18H2,1-3H3. The lowest BCUT2D eigenvalue weighted by Crippen LogP contribution is -2.46. The van der Waals surface area contributed by atoms with Gasteiger partial charge in [-0.05, 0) is 57.7 Å². The number of benzene rings is 1. The van der Waals surface area contributed by atoms with E-state index >= 15 is 0 Å². The van der Waals surface area contributed by atoms with Gasteiger partial charge >= 0.3 is 0 Å². The summed E-state index contributed by atoms with van der Waals surface area (Å²) < 4.78 is 8.07. The summed E-state index contributed by atoms with van der Waals surface area (Å²) in [6.45, 7) is 5.45. The number of piperidine rings is 2. The van der Waals surface area contributed by atoms with Gasteiger partial charge in [0.05, 0.1) is 6.20 Å². The van der Waals surface area contributed by atoms with Crippen LogP contribution in [0.15, 0.2) is 36.7 Å². The van der Waals surface area contributed by atoms with E-state index in [1.807, 2.05) is 17.9 Å². The molecule has 4 rings (SSSR count). The van der Waals surface area contributed by atoms with Gasteiger partial charge in [-0.1, -0.05) is 12.1 Å². The third-order valence-corrected chi connectivity index (χ3v) is 6.71. The molecule has 0 saturated carbocycles. The zero-order valence-electron chi connectivity index (χ0n) is 19.7. The first-order valence-electron chi connectivity index (χ1n) is 11.9. The lowest BCUT2D eigenvalue weighted by atomic mass is 9.94. The van der Waals surface area contributed by atoms with Crippen LogP contribution in [0, 0.1) is 5.92 Å². The van der Waals surface area contributed by atoms with Gasteiger partial charge in [0, 0.05) is 63.7 Å². The number of nitrogens with zero attached hydrogens (tertiary/aromatic N) is 5. The smallest absolute Gasteiger partial charge is 0.225 e. The van der Waals surface area contributed by atoms with Crippen molar-refractivity contribution in [2.24, 2.45) is 13.0 Å². The highest BCUT2D eigenvalue weighted by Gasteiger charge is 2.30. The van der Waals surface area contributed by atoms with Crippen molar-refractivity contribution in [2.75, 3.05) is 40.3 Å². The number of ether oxygens (including phenoxy) is 1. The molecule has 0 N–H and O–H groups in total. The fraction of sp³-hybridized carbons (Fsp3) is 0.600. The summed E-state index contributed by atoms with van der Waals surface area (Å²) in [5.41, 5.74) is 2.48. The molecule has 0 radical (unpaired) electrons. The molecule has 3 heterocycles. The molecule has 2 saturated heterocycles. The minimum Gasteiger partial charge on any atom is -0.490 e. The maximum atomic E-state index is 12.8. The third-order valence-electron chi connectivity index (χ3n) is 6.71. The molecule has 2 aromatic rings. The second kappa shape index (κ2) is 10.5. The molecule has 1 aromatic heterocycles. The van der Waals surface area contributed by atoms with Crippen molar-refractivity contribution in [2.45, 2.75) is 44.9 Å². The van der Waals surface area contributed by atoms with Crippen molar-refractivity contribution < 1.29 is 9.53 Å². The van der Waals surface area contributed by atoms with E-state index in [2.05, 4.69) is 64.4 Å². The van der Waals surface area contributed by atoms with Crippen molar-refractivity contribution in [1.29, 1.82) is 0 Å². The molecule has 0 bridgehead atoms. The predicted octanol–water partition coefficient (Wildman–Crippen LogP) is 2.76. The molecule has 0 atom stereocenters. The minimum atomic E-state index is 0.190. The zero-order chi connectivity index (χ0) is 22.5. The molecule has 7 heteroatoms. The number of carbonyl (C=O) groups is 1. The highest BCUT2D eigenvalue weighted by atomic mass is 16.5. The summed E-state index contributed by atoms with van der Waals surface area (Å²) in [6.07, 6.45) is 7.98. The van der Waals surface area contributed by atoms with Gasteiger partial charge in [0.15, 0.2) is 0 Å². The molecule has 32 heavy (non-hydrogen) atoms.